The molecule has 0 aliphatic carbocycles. The van der Waals surface area contributed by atoms with E-state index in [1.54, 1.807) is 6.92 Å². The van der Waals surface area contributed by atoms with Gasteiger partial charge in [0.15, 0.2) is 0 Å². The number of hydrogen-bond acceptors (Lipinski definition) is 4. The Hall–Kier alpha value is -1.10. The number of amides is 1. The van der Waals surface area contributed by atoms with E-state index in [0.29, 0.717) is 18.9 Å². The molecule has 3 N–H and O–H groups in total. The maximum absolute atomic E-state index is 11.3. The van der Waals surface area contributed by atoms with Crippen LogP contribution >= 0.6 is 0 Å². The van der Waals surface area contributed by atoms with Crippen molar-refractivity contribution in [1.29, 1.82) is 0 Å². The van der Waals surface area contributed by atoms with Crippen molar-refractivity contribution in [1.82, 2.24) is 5.32 Å². The van der Waals surface area contributed by atoms with Crippen LogP contribution in [0.3, 0.4) is 0 Å². The zero-order valence-electron chi connectivity index (χ0n) is 9.58. The molecular formula is C10H20N2O3. The van der Waals surface area contributed by atoms with Crippen molar-refractivity contribution in [2.75, 3.05) is 13.7 Å². The van der Waals surface area contributed by atoms with Gasteiger partial charge in [0.05, 0.1) is 7.11 Å². The molecule has 0 aromatic heterocycles. The minimum Gasteiger partial charge on any atom is -0.467 e. The van der Waals surface area contributed by atoms with Crippen LogP contribution in [0.4, 0.5) is 0 Å². The summed E-state index contributed by atoms with van der Waals surface area (Å²) in [6.45, 7) is 4.15. The van der Waals surface area contributed by atoms with Crippen LogP contribution in [0, 0.1) is 5.92 Å². The summed E-state index contributed by atoms with van der Waals surface area (Å²) in [5.41, 5.74) is 5.42. The molecule has 5 nitrogen and oxygen atoms in total. The zero-order valence-corrected chi connectivity index (χ0v) is 9.58. The number of esters is 1. The molecule has 5 heteroatoms. The van der Waals surface area contributed by atoms with Crippen LogP contribution in [0.5, 0.6) is 0 Å². The van der Waals surface area contributed by atoms with Crippen LogP contribution in [0.1, 0.15) is 26.7 Å². The largest absolute Gasteiger partial charge is 0.467 e. The minimum atomic E-state index is -0.587. The van der Waals surface area contributed by atoms with Crippen LogP contribution in [-0.4, -0.2) is 31.6 Å². The number of carbonyl (C=O) groups excluding carboxylic acids is 2. The topological polar surface area (TPSA) is 81.4 Å². The van der Waals surface area contributed by atoms with Crippen LogP contribution < -0.4 is 11.1 Å². The van der Waals surface area contributed by atoms with Crippen LogP contribution in [0.15, 0.2) is 0 Å². The summed E-state index contributed by atoms with van der Waals surface area (Å²) in [5, 5.41) is 2.56. The van der Waals surface area contributed by atoms with Crippen molar-refractivity contribution in [3.05, 3.63) is 0 Å². The van der Waals surface area contributed by atoms with Gasteiger partial charge in [0.2, 0.25) is 5.91 Å². The molecule has 0 rings (SSSR count). The van der Waals surface area contributed by atoms with Gasteiger partial charge in [0.25, 0.3) is 0 Å². The van der Waals surface area contributed by atoms with Gasteiger partial charge in [0.1, 0.15) is 6.04 Å². The third kappa shape index (κ3) is 6.06. The van der Waals surface area contributed by atoms with E-state index in [2.05, 4.69) is 10.1 Å². The van der Waals surface area contributed by atoms with Gasteiger partial charge in [0, 0.05) is 6.42 Å². The molecule has 0 aromatic rings. The van der Waals surface area contributed by atoms with E-state index in [1.807, 2.05) is 6.92 Å². The van der Waals surface area contributed by atoms with E-state index < -0.39 is 12.0 Å². The Balaban J connectivity index is 3.78. The molecule has 0 aliphatic heterocycles. The van der Waals surface area contributed by atoms with E-state index >= 15 is 0 Å². The second-order valence-electron chi connectivity index (χ2n) is 3.69. The highest BCUT2D eigenvalue weighted by Gasteiger charge is 2.15. The van der Waals surface area contributed by atoms with Gasteiger partial charge in [-0.2, -0.15) is 0 Å². The number of nitrogens with one attached hydrogen (secondary N) is 1. The molecule has 1 amide bonds. The summed E-state index contributed by atoms with van der Waals surface area (Å²) in [4.78, 5) is 22.3. The molecule has 2 atom stereocenters. The average Bonchev–Trinajstić information content (AvgIpc) is 2.24. The normalized spacial score (nSPS) is 14.1. The molecule has 88 valence electrons. The molecule has 0 aromatic carbocycles. The molecule has 2 unspecified atom stereocenters. The molecule has 0 fully saturated rings. The number of methoxy groups -OCH3 is 1. The van der Waals surface area contributed by atoms with Crippen molar-refractivity contribution in [3.63, 3.8) is 0 Å². The summed E-state index contributed by atoms with van der Waals surface area (Å²) < 4.78 is 4.49. The van der Waals surface area contributed by atoms with Crippen LogP contribution in [0.2, 0.25) is 0 Å². The molecule has 0 spiro atoms. The van der Waals surface area contributed by atoms with Gasteiger partial charge >= 0.3 is 5.97 Å². The quantitative estimate of drug-likeness (QED) is 0.614. The summed E-state index contributed by atoms with van der Waals surface area (Å²) >= 11 is 0. The zero-order chi connectivity index (χ0) is 11.8. The fourth-order valence-electron chi connectivity index (χ4n) is 1.04. The molecule has 0 bridgehead atoms. The van der Waals surface area contributed by atoms with Gasteiger partial charge < -0.3 is 15.8 Å². The first-order valence-corrected chi connectivity index (χ1v) is 5.08. The van der Waals surface area contributed by atoms with Crippen LogP contribution in [0.25, 0.3) is 0 Å². The highest BCUT2D eigenvalue weighted by Crippen LogP contribution is 2.03. The number of ether oxygens (including phenoxy) is 1. The average molecular weight is 216 g/mol. The maximum atomic E-state index is 11.3. The van der Waals surface area contributed by atoms with E-state index in [4.69, 9.17) is 5.73 Å². The van der Waals surface area contributed by atoms with Gasteiger partial charge in [-0.05, 0) is 25.8 Å². The first kappa shape index (κ1) is 13.9. The maximum Gasteiger partial charge on any atom is 0.328 e. The smallest absolute Gasteiger partial charge is 0.328 e. The molecule has 0 saturated carbocycles. The first-order valence-electron chi connectivity index (χ1n) is 5.08. The van der Waals surface area contributed by atoms with Crippen molar-refractivity contribution in [2.24, 2.45) is 11.7 Å². The Morgan fingerprint density at radius 1 is 1.40 bits per heavy atom. The van der Waals surface area contributed by atoms with Crippen molar-refractivity contribution >= 4 is 11.9 Å². The Morgan fingerprint density at radius 3 is 2.47 bits per heavy atom. The predicted octanol–water partition coefficient (Wildman–Crippen LogP) is 0.0391. The summed E-state index contributed by atoms with van der Waals surface area (Å²) in [6.07, 6.45) is 1.12. The highest BCUT2D eigenvalue weighted by atomic mass is 16.5. The number of hydrogen-bond donors (Lipinski definition) is 2. The van der Waals surface area contributed by atoms with E-state index in [-0.39, 0.29) is 5.91 Å². The standard InChI is InChI=1S/C10H20N2O3/c1-7(6-11)4-5-9(13)12-8(2)10(14)15-3/h7-8H,4-6,11H2,1-3H3,(H,12,13). The molecule has 0 heterocycles. The van der Waals surface area contributed by atoms with Gasteiger partial charge in [-0.3, -0.25) is 4.79 Å². The fourth-order valence-corrected chi connectivity index (χ4v) is 1.04. The summed E-state index contributed by atoms with van der Waals surface area (Å²) in [7, 11) is 1.29. The summed E-state index contributed by atoms with van der Waals surface area (Å²) in [5.74, 6) is -0.257. The predicted molar refractivity (Wildman–Crippen MR) is 57.1 cm³/mol. The minimum absolute atomic E-state index is 0.145. The van der Waals surface area contributed by atoms with Gasteiger partial charge in [-0.1, -0.05) is 6.92 Å². The first-order chi connectivity index (χ1) is 7.01. The second-order valence-corrected chi connectivity index (χ2v) is 3.69. The third-order valence-corrected chi connectivity index (χ3v) is 2.20. The lowest BCUT2D eigenvalue weighted by atomic mass is 10.1. The lowest BCUT2D eigenvalue weighted by Crippen LogP contribution is -2.39. The molecular weight excluding hydrogens is 196 g/mol. The van der Waals surface area contributed by atoms with Gasteiger partial charge in [-0.15, -0.1) is 0 Å². The molecule has 15 heavy (non-hydrogen) atoms. The number of carbonyl (C=O) groups is 2. The van der Waals surface area contributed by atoms with E-state index in [0.717, 1.165) is 6.42 Å². The lowest BCUT2D eigenvalue weighted by Gasteiger charge is -2.12. The second kappa shape index (κ2) is 7.23. The van der Waals surface area contributed by atoms with E-state index in [1.165, 1.54) is 7.11 Å². The SMILES string of the molecule is COC(=O)C(C)NC(=O)CCC(C)CN. The van der Waals surface area contributed by atoms with Gasteiger partial charge in [-0.25, -0.2) is 4.79 Å². The Kier molecular flexibility index (Phi) is 6.70. The number of nitrogens with two attached hydrogens (primary N) is 1. The monoisotopic (exact) mass is 216 g/mol. The van der Waals surface area contributed by atoms with Crippen molar-refractivity contribution < 1.29 is 14.3 Å². The third-order valence-electron chi connectivity index (χ3n) is 2.20. The van der Waals surface area contributed by atoms with Crippen LogP contribution in [-0.2, 0) is 14.3 Å². The lowest BCUT2D eigenvalue weighted by molar-refractivity contribution is -0.144. The van der Waals surface area contributed by atoms with Crippen molar-refractivity contribution in [2.45, 2.75) is 32.7 Å². The van der Waals surface area contributed by atoms with E-state index in [9.17, 15) is 9.59 Å². The van der Waals surface area contributed by atoms with Crippen molar-refractivity contribution in [3.8, 4) is 0 Å². The molecule has 0 saturated heterocycles. The molecule has 0 radical (unpaired) electrons. The summed E-state index contributed by atoms with van der Waals surface area (Å²) in [6, 6.07) is -0.587. The Labute approximate surface area is 90.4 Å². The highest BCUT2D eigenvalue weighted by molar-refractivity contribution is 5.83. The Morgan fingerprint density at radius 2 is 2.00 bits per heavy atom. The fraction of sp³-hybridized carbons (Fsp3) is 0.800. The number of rotatable bonds is 6. The Bertz CT molecular complexity index is 219. The molecule has 0 aliphatic rings.